The van der Waals surface area contributed by atoms with Crippen LogP contribution in [-0.4, -0.2) is 25.3 Å². The molecule has 0 aliphatic carbocycles. The van der Waals surface area contributed by atoms with E-state index in [4.69, 9.17) is 10.5 Å². The summed E-state index contributed by atoms with van der Waals surface area (Å²) >= 11 is 0. The van der Waals surface area contributed by atoms with Gasteiger partial charge in [-0.25, -0.2) is 4.79 Å². The minimum absolute atomic E-state index is 0.0420. The molecule has 3 N–H and O–H groups in total. The molecule has 1 heterocycles. The Morgan fingerprint density at radius 2 is 2.45 bits per heavy atom. The Balaban J connectivity index is 2.09. The van der Waals surface area contributed by atoms with Crippen molar-refractivity contribution in [1.29, 1.82) is 0 Å². The summed E-state index contributed by atoms with van der Waals surface area (Å²) in [5, 5.41) is 3.15. The number of hydrogen-bond acceptors (Lipinski definition) is 3. The maximum Gasteiger partial charge on any atom is 0.404 e. The Hall–Kier alpha value is -0.770. The predicted octanol–water partition coefficient (Wildman–Crippen LogP) is 0.0797. The van der Waals surface area contributed by atoms with Gasteiger partial charge in [-0.3, -0.25) is 0 Å². The predicted molar refractivity (Wildman–Crippen MR) is 41.1 cm³/mol. The number of rotatable bonds is 3. The molecule has 1 atom stereocenters. The number of ether oxygens (including phenoxy) is 1. The average molecular weight is 158 g/mol. The van der Waals surface area contributed by atoms with Crippen LogP contribution in [0.1, 0.15) is 13.3 Å². The lowest BCUT2D eigenvalue weighted by molar-refractivity contribution is 0.0931. The second-order valence-electron chi connectivity index (χ2n) is 3.01. The Bertz CT molecular complexity index is 145. The van der Waals surface area contributed by atoms with Crippen LogP contribution in [0.2, 0.25) is 0 Å². The Morgan fingerprint density at radius 1 is 1.82 bits per heavy atom. The van der Waals surface area contributed by atoms with Gasteiger partial charge in [-0.2, -0.15) is 0 Å². The van der Waals surface area contributed by atoms with Crippen molar-refractivity contribution in [3.05, 3.63) is 0 Å². The van der Waals surface area contributed by atoms with Gasteiger partial charge in [-0.05, 0) is 32.4 Å². The van der Waals surface area contributed by atoms with Crippen LogP contribution < -0.4 is 11.1 Å². The zero-order valence-electron chi connectivity index (χ0n) is 6.67. The summed E-state index contributed by atoms with van der Waals surface area (Å²) in [6, 6.07) is 0. The minimum atomic E-state index is -0.676. The maximum atomic E-state index is 10.3. The van der Waals surface area contributed by atoms with Crippen LogP contribution in [0.15, 0.2) is 0 Å². The molecule has 1 amide bonds. The second-order valence-corrected chi connectivity index (χ2v) is 3.01. The lowest BCUT2D eigenvalue weighted by Gasteiger charge is -2.28. The Kier molecular flexibility index (Phi) is 2.70. The number of primary amides is 1. The van der Waals surface area contributed by atoms with Gasteiger partial charge in [0, 0.05) is 0 Å². The van der Waals surface area contributed by atoms with Crippen molar-refractivity contribution in [2.75, 3.05) is 13.1 Å². The van der Waals surface area contributed by atoms with Crippen LogP contribution in [0, 0.1) is 5.92 Å². The zero-order chi connectivity index (χ0) is 8.27. The van der Waals surface area contributed by atoms with E-state index < -0.39 is 6.09 Å². The van der Waals surface area contributed by atoms with Gasteiger partial charge in [0.2, 0.25) is 0 Å². The molecule has 0 radical (unpaired) electrons. The fraction of sp³-hybridized carbons (Fsp3) is 0.857. The molecule has 11 heavy (non-hydrogen) atoms. The van der Waals surface area contributed by atoms with E-state index in [1.54, 1.807) is 0 Å². The van der Waals surface area contributed by atoms with Gasteiger partial charge < -0.3 is 15.8 Å². The van der Waals surface area contributed by atoms with E-state index in [-0.39, 0.29) is 6.10 Å². The van der Waals surface area contributed by atoms with Crippen LogP contribution in [0.4, 0.5) is 4.79 Å². The fourth-order valence-electron chi connectivity index (χ4n) is 1.23. The lowest BCUT2D eigenvalue weighted by Crippen LogP contribution is -2.43. The van der Waals surface area contributed by atoms with Gasteiger partial charge in [0.1, 0.15) is 6.10 Å². The summed E-state index contributed by atoms with van der Waals surface area (Å²) in [6.07, 6.45) is 0.194. The third kappa shape index (κ3) is 2.76. The second kappa shape index (κ2) is 3.57. The monoisotopic (exact) mass is 158 g/mol. The van der Waals surface area contributed by atoms with E-state index in [1.165, 1.54) is 0 Å². The smallest absolute Gasteiger partial charge is 0.404 e. The van der Waals surface area contributed by atoms with Crippen molar-refractivity contribution in [2.24, 2.45) is 11.7 Å². The molecule has 0 saturated carbocycles. The largest absolute Gasteiger partial charge is 0.447 e. The van der Waals surface area contributed by atoms with E-state index in [1.807, 2.05) is 6.92 Å². The molecule has 0 aromatic rings. The molecule has 1 fully saturated rings. The lowest BCUT2D eigenvalue weighted by atomic mass is 9.97. The molecule has 1 saturated heterocycles. The van der Waals surface area contributed by atoms with E-state index >= 15 is 0 Å². The highest BCUT2D eigenvalue weighted by atomic mass is 16.6. The maximum absolute atomic E-state index is 10.3. The average Bonchev–Trinajstić information content (AvgIpc) is 1.77. The van der Waals surface area contributed by atoms with Crippen LogP contribution in [0.25, 0.3) is 0 Å². The van der Waals surface area contributed by atoms with Crippen molar-refractivity contribution >= 4 is 6.09 Å². The fourth-order valence-corrected chi connectivity index (χ4v) is 1.23. The molecule has 1 aliphatic heterocycles. The minimum Gasteiger partial charge on any atom is -0.447 e. The summed E-state index contributed by atoms with van der Waals surface area (Å²) in [7, 11) is 0. The van der Waals surface area contributed by atoms with Gasteiger partial charge in [0.15, 0.2) is 0 Å². The van der Waals surface area contributed by atoms with E-state index in [0.717, 1.165) is 19.5 Å². The quantitative estimate of drug-likeness (QED) is 0.611. The molecule has 1 rings (SSSR count). The van der Waals surface area contributed by atoms with E-state index in [2.05, 4.69) is 5.32 Å². The van der Waals surface area contributed by atoms with Crippen molar-refractivity contribution in [1.82, 2.24) is 5.32 Å². The molecule has 1 unspecified atom stereocenters. The third-order valence-corrected chi connectivity index (χ3v) is 1.85. The zero-order valence-corrected chi connectivity index (χ0v) is 6.67. The highest BCUT2D eigenvalue weighted by Crippen LogP contribution is 2.12. The molecule has 64 valence electrons. The molecule has 4 heteroatoms. The topological polar surface area (TPSA) is 64.3 Å². The van der Waals surface area contributed by atoms with Crippen molar-refractivity contribution < 1.29 is 9.53 Å². The number of carbonyl (C=O) groups is 1. The van der Waals surface area contributed by atoms with Gasteiger partial charge in [-0.1, -0.05) is 0 Å². The molecule has 0 spiro atoms. The molecule has 0 bridgehead atoms. The van der Waals surface area contributed by atoms with Crippen molar-refractivity contribution in [3.63, 3.8) is 0 Å². The summed E-state index contributed by atoms with van der Waals surface area (Å²) < 4.78 is 4.77. The molecular weight excluding hydrogens is 144 g/mol. The SMILES string of the molecule is CC(CC1CNC1)OC(N)=O. The first-order valence-electron chi connectivity index (χ1n) is 3.85. The molecule has 4 nitrogen and oxygen atoms in total. The van der Waals surface area contributed by atoms with Gasteiger partial charge >= 0.3 is 6.09 Å². The van der Waals surface area contributed by atoms with Crippen molar-refractivity contribution in [2.45, 2.75) is 19.4 Å². The van der Waals surface area contributed by atoms with Gasteiger partial charge in [0.25, 0.3) is 0 Å². The number of nitrogens with two attached hydrogens (primary N) is 1. The van der Waals surface area contributed by atoms with Gasteiger partial charge in [0.05, 0.1) is 0 Å². The van der Waals surface area contributed by atoms with E-state index in [0.29, 0.717) is 5.92 Å². The first-order chi connectivity index (χ1) is 5.18. The number of hydrogen-bond donors (Lipinski definition) is 2. The normalized spacial score (nSPS) is 20.5. The van der Waals surface area contributed by atoms with Crippen LogP contribution in [0.3, 0.4) is 0 Å². The number of nitrogens with one attached hydrogen (secondary N) is 1. The van der Waals surface area contributed by atoms with Crippen LogP contribution in [0.5, 0.6) is 0 Å². The highest BCUT2D eigenvalue weighted by Gasteiger charge is 2.20. The third-order valence-electron chi connectivity index (χ3n) is 1.85. The van der Waals surface area contributed by atoms with E-state index in [9.17, 15) is 4.79 Å². The Labute approximate surface area is 66.1 Å². The van der Waals surface area contributed by atoms with Crippen molar-refractivity contribution in [3.8, 4) is 0 Å². The van der Waals surface area contributed by atoms with Gasteiger partial charge in [-0.15, -0.1) is 0 Å². The summed E-state index contributed by atoms with van der Waals surface area (Å²) in [4.78, 5) is 10.3. The molecular formula is C7H14N2O2. The summed E-state index contributed by atoms with van der Waals surface area (Å²) in [6.45, 7) is 3.93. The Morgan fingerprint density at radius 3 is 2.82 bits per heavy atom. The molecule has 0 aromatic carbocycles. The highest BCUT2D eigenvalue weighted by molar-refractivity contribution is 5.64. The van der Waals surface area contributed by atoms with Crippen LogP contribution in [-0.2, 0) is 4.74 Å². The first kappa shape index (κ1) is 8.33. The summed E-state index contributed by atoms with van der Waals surface area (Å²) in [5.74, 6) is 0.657. The standard InChI is InChI=1S/C7H14N2O2/c1-5(11-7(8)10)2-6-3-9-4-6/h5-6,9H,2-4H2,1H3,(H2,8,10). The molecule has 0 aromatic heterocycles. The number of amides is 1. The summed E-state index contributed by atoms with van der Waals surface area (Å²) in [5.41, 5.74) is 4.85. The molecule has 1 aliphatic rings. The number of carbonyl (C=O) groups excluding carboxylic acids is 1. The van der Waals surface area contributed by atoms with Crippen LogP contribution >= 0.6 is 0 Å². The first-order valence-corrected chi connectivity index (χ1v) is 3.85.